The third-order valence-electron chi connectivity index (χ3n) is 4.76. The molecule has 0 aliphatic carbocycles. The molecule has 2 aromatic carbocycles. The number of phenols is 1. The highest BCUT2D eigenvalue weighted by Gasteiger charge is 2.32. The van der Waals surface area contributed by atoms with E-state index in [1.165, 1.54) is 6.07 Å². The fraction of sp³-hybridized carbons (Fsp3) is 0.273. The van der Waals surface area contributed by atoms with Gasteiger partial charge in [-0.05, 0) is 57.0 Å². The number of nitrogens with one attached hydrogen (secondary N) is 3. The van der Waals surface area contributed by atoms with Crippen molar-refractivity contribution in [1.29, 1.82) is 0 Å². The molecular weight excluding hydrogens is 370 g/mol. The molecule has 29 heavy (non-hydrogen) atoms. The summed E-state index contributed by atoms with van der Waals surface area (Å²) in [5, 5.41) is 18.4. The molecule has 7 nitrogen and oxygen atoms in total. The van der Waals surface area contributed by atoms with Crippen LogP contribution in [0.15, 0.2) is 47.7 Å². The van der Waals surface area contributed by atoms with Crippen molar-refractivity contribution >= 4 is 17.6 Å². The van der Waals surface area contributed by atoms with E-state index in [1.807, 2.05) is 39.0 Å². The van der Waals surface area contributed by atoms with E-state index in [9.17, 15) is 14.7 Å². The third kappa shape index (κ3) is 4.34. The molecule has 2 aromatic rings. The van der Waals surface area contributed by atoms with E-state index >= 15 is 0 Å². The van der Waals surface area contributed by atoms with Gasteiger partial charge in [0, 0.05) is 11.4 Å². The van der Waals surface area contributed by atoms with Gasteiger partial charge in [-0.3, -0.25) is 4.79 Å². The first-order valence-electron chi connectivity index (χ1n) is 9.42. The fourth-order valence-electron chi connectivity index (χ4n) is 3.37. The molecule has 3 rings (SSSR count). The minimum absolute atomic E-state index is 0.00200. The molecule has 0 fully saturated rings. The monoisotopic (exact) mass is 395 g/mol. The highest BCUT2D eigenvalue weighted by atomic mass is 16.5. The summed E-state index contributed by atoms with van der Waals surface area (Å²) in [6, 6.07) is 9.47. The number of benzene rings is 2. The van der Waals surface area contributed by atoms with E-state index in [0.717, 1.165) is 11.1 Å². The maximum Gasteiger partial charge on any atom is 0.319 e. The molecule has 1 aliphatic heterocycles. The van der Waals surface area contributed by atoms with Gasteiger partial charge in [-0.2, -0.15) is 0 Å². The molecule has 1 atom stereocenters. The summed E-state index contributed by atoms with van der Waals surface area (Å²) in [6.45, 7) is 7.79. The van der Waals surface area contributed by atoms with Crippen LogP contribution in [-0.4, -0.2) is 23.7 Å². The predicted molar refractivity (Wildman–Crippen MR) is 111 cm³/mol. The largest absolute Gasteiger partial charge is 0.504 e. The molecule has 0 bridgehead atoms. The van der Waals surface area contributed by atoms with Gasteiger partial charge in [-0.25, -0.2) is 4.79 Å². The summed E-state index contributed by atoms with van der Waals surface area (Å²) in [5.41, 5.74) is 4.24. The van der Waals surface area contributed by atoms with Gasteiger partial charge in [0.1, 0.15) is 0 Å². The zero-order chi connectivity index (χ0) is 21.1. The minimum Gasteiger partial charge on any atom is -0.504 e. The standard InChI is InChI=1S/C22H25N3O4/c1-5-29-18-11-15(7-9-17(18)26)20-19(14(4)23-22(28)25-20)21(27)24-16-8-6-12(2)10-13(16)3/h6-11,20,26H,5H2,1-4H3,(H,24,27)(H2,23,25,28). The van der Waals surface area contributed by atoms with Gasteiger partial charge in [0.25, 0.3) is 5.91 Å². The van der Waals surface area contributed by atoms with E-state index in [1.54, 1.807) is 19.1 Å². The lowest BCUT2D eigenvalue weighted by atomic mass is 9.94. The Bertz CT molecular complexity index is 998. The van der Waals surface area contributed by atoms with Crippen molar-refractivity contribution < 1.29 is 19.4 Å². The lowest BCUT2D eigenvalue weighted by molar-refractivity contribution is -0.113. The van der Waals surface area contributed by atoms with Gasteiger partial charge >= 0.3 is 6.03 Å². The number of ether oxygens (including phenoxy) is 1. The number of rotatable bonds is 5. The summed E-state index contributed by atoms with van der Waals surface area (Å²) < 4.78 is 5.45. The first kappa shape index (κ1) is 20.3. The van der Waals surface area contributed by atoms with Crippen LogP contribution in [0.2, 0.25) is 0 Å². The van der Waals surface area contributed by atoms with Crippen molar-refractivity contribution in [2.75, 3.05) is 11.9 Å². The van der Waals surface area contributed by atoms with Crippen molar-refractivity contribution in [2.45, 2.75) is 33.7 Å². The number of hydrogen-bond donors (Lipinski definition) is 4. The van der Waals surface area contributed by atoms with E-state index in [-0.39, 0.29) is 11.7 Å². The average molecular weight is 395 g/mol. The molecule has 3 amide bonds. The van der Waals surface area contributed by atoms with Crippen LogP contribution < -0.4 is 20.7 Å². The van der Waals surface area contributed by atoms with Crippen molar-refractivity contribution in [2.24, 2.45) is 0 Å². The Morgan fingerprint density at radius 1 is 1.17 bits per heavy atom. The third-order valence-corrected chi connectivity index (χ3v) is 4.76. The Balaban J connectivity index is 1.98. The number of anilines is 1. The summed E-state index contributed by atoms with van der Waals surface area (Å²) in [4.78, 5) is 25.2. The van der Waals surface area contributed by atoms with Crippen LogP contribution in [-0.2, 0) is 4.79 Å². The summed E-state index contributed by atoms with van der Waals surface area (Å²) in [5.74, 6) is -0.0274. The second-order valence-electron chi connectivity index (χ2n) is 7.00. The van der Waals surface area contributed by atoms with Gasteiger partial charge in [0.15, 0.2) is 11.5 Å². The van der Waals surface area contributed by atoms with Crippen LogP contribution >= 0.6 is 0 Å². The lowest BCUT2D eigenvalue weighted by Gasteiger charge is -2.29. The molecule has 4 N–H and O–H groups in total. The van der Waals surface area contributed by atoms with E-state index in [0.29, 0.717) is 34.9 Å². The van der Waals surface area contributed by atoms with Gasteiger partial charge in [0.2, 0.25) is 0 Å². The topological polar surface area (TPSA) is 99.7 Å². The molecule has 1 heterocycles. The second kappa shape index (κ2) is 8.26. The first-order chi connectivity index (χ1) is 13.8. The number of aromatic hydroxyl groups is 1. The molecule has 7 heteroatoms. The van der Waals surface area contributed by atoms with Crippen LogP contribution in [0.25, 0.3) is 0 Å². The number of carbonyl (C=O) groups is 2. The molecular formula is C22H25N3O4. The molecule has 0 saturated heterocycles. The van der Waals surface area contributed by atoms with Gasteiger partial charge < -0.3 is 25.8 Å². The number of phenolic OH excluding ortho intramolecular Hbond substituents is 1. The predicted octanol–water partition coefficient (Wildman–Crippen LogP) is 3.67. The van der Waals surface area contributed by atoms with Crippen molar-refractivity contribution in [3.63, 3.8) is 0 Å². The molecule has 0 saturated carbocycles. The number of allylic oxidation sites excluding steroid dienone is 1. The summed E-state index contributed by atoms with van der Waals surface area (Å²) in [7, 11) is 0. The quantitative estimate of drug-likeness (QED) is 0.621. The highest BCUT2D eigenvalue weighted by Crippen LogP contribution is 2.34. The molecule has 1 aliphatic rings. The van der Waals surface area contributed by atoms with Gasteiger partial charge in [0.05, 0.1) is 18.2 Å². The highest BCUT2D eigenvalue weighted by molar-refractivity contribution is 6.07. The van der Waals surface area contributed by atoms with E-state index in [4.69, 9.17) is 4.74 Å². The van der Waals surface area contributed by atoms with Crippen molar-refractivity contribution in [1.82, 2.24) is 10.6 Å². The van der Waals surface area contributed by atoms with Crippen LogP contribution in [0.1, 0.15) is 36.6 Å². The number of hydrogen-bond acceptors (Lipinski definition) is 4. The zero-order valence-corrected chi connectivity index (χ0v) is 16.9. The number of carbonyl (C=O) groups excluding carboxylic acids is 2. The average Bonchev–Trinajstić information content (AvgIpc) is 2.65. The van der Waals surface area contributed by atoms with Crippen molar-refractivity contribution in [3.8, 4) is 11.5 Å². The summed E-state index contributed by atoms with van der Waals surface area (Å²) in [6.07, 6.45) is 0. The van der Waals surface area contributed by atoms with Crippen molar-refractivity contribution in [3.05, 3.63) is 64.4 Å². The molecule has 152 valence electrons. The van der Waals surface area contributed by atoms with Crippen LogP contribution in [0.4, 0.5) is 10.5 Å². The SMILES string of the molecule is CCOc1cc(C2NC(=O)NC(C)=C2C(=O)Nc2ccc(C)cc2C)ccc1O. The van der Waals surface area contributed by atoms with E-state index < -0.39 is 12.1 Å². The number of amides is 3. The lowest BCUT2D eigenvalue weighted by Crippen LogP contribution is -2.46. The minimum atomic E-state index is -0.686. The molecule has 0 radical (unpaired) electrons. The second-order valence-corrected chi connectivity index (χ2v) is 7.00. The van der Waals surface area contributed by atoms with Crippen LogP contribution in [0.5, 0.6) is 11.5 Å². The summed E-state index contributed by atoms with van der Waals surface area (Å²) >= 11 is 0. The maximum atomic E-state index is 13.1. The normalized spacial score (nSPS) is 16.1. The first-order valence-corrected chi connectivity index (χ1v) is 9.42. The van der Waals surface area contributed by atoms with Gasteiger partial charge in [-0.1, -0.05) is 23.8 Å². The molecule has 1 unspecified atom stereocenters. The Morgan fingerprint density at radius 3 is 2.62 bits per heavy atom. The maximum absolute atomic E-state index is 13.1. The number of urea groups is 1. The Hall–Kier alpha value is -3.48. The Morgan fingerprint density at radius 2 is 1.93 bits per heavy atom. The molecule has 0 spiro atoms. The number of aryl methyl sites for hydroxylation is 2. The van der Waals surface area contributed by atoms with E-state index in [2.05, 4.69) is 16.0 Å². The van der Waals surface area contributed by atoms with Gasteiger partial charge in [-0.15, -0.1) is 0 Å². The zero-order valence-electron chi connectivity index (χ0n) is 16.9. The Kier molecular flexibility index (Phi) is 5.77. The smallest absolute Gasteiger partial charge is 0.319 e. The van der Waals surface area contributed by atoms with Crippen LogP contribution in [0, 0.1) is 13.8 Å². The Labute approximate surface area is 169 Å². The molecule has 0 aromatic heterocycles. The van der Waals surface area contributed by atoms with Crippen LogP contribution in [0.3, 0.4) is 0 Å². The fourth-order valence-corrected chi connectivity index (χ4v) is 3.37.